The molecule has 0 bridgehead atoms. The second-order valence-electron chi connectivity index (χ2n) is 6.60. The minimum Gasteiger partial charge on any atom is -0.493 e. The Hall–Kier alpha value is -3.86. The van der Waals surface area contributed by atoms with Crippen molar-refractivity contribution in [3.05, 3.63) is 95.1 Å². The highest BCUT2D eigenvalue weighted by atomic mass is 16.5. The third kappa shape index (κ3) is 5.14. The van der Waals surface area contributed by atoms with Crippen LogP contribution >= 0.6 is 0 Å². The molecule has 0 amide bonds. The standard InChI is InChI=1S/C25H22O5/c1-17-7-10-19(11-8-17)22(26)13-9-18-5-4-6-21(15-18)30-25(27)20-12-14-23(28-2)24(16-20)29-3/h4-16H,1-3H3/b13-9+. The fourth-order valence-corrected chi connectivity index (χ4v) is 2.80. The zero-order valence-corrected chi connectivity index (χ0v) is 17.0. The van der Waals surface area contributed by atoms with Gasteiger partial charge in [-0.2, -0.15) is 0 Å². The van der Waals surface area contributed by atoms with Gasteiger partial charge in [0.25, 0.3) is 0 Å². The lowest BCUT2D eigenvalue weighted by Crippen LogP contribution is -2.09. The number of hydrogen-bond acceptors (Lipinski definition) is 5. The average molecular weight is 402 g/mol. The van der Waals surface area contributed by atoms with E-state index in [9.17, 15) is 9.59 Å². The molecule has 3 rings (SSSR count). The van der Waals surface area contributed by atoms with Crippen LogP contribution in [0.15, 0.2) is 72.8 Å². The Balaban J connectivity index is 1.71. The summed E-state index contributed by atoms with van der Waals surface area (Å²) in [7, 11) is 3.03. The zero-order chi connectivity index (χ0) is 21.5. The number of ether oxygens (including phenoxy) is 3. The van der Waals surface area contributed by atoms with Crippen molar-refractivity contribution in [1.29, 1.82) is 0 Å². The maximum Gasteiger partial charge on any atom is 0.343 e. The van der Waals surface area contributed by atoms with Crippen LogP contribution in [0.25, 0.3) is 6.08 Å². The van der Waals surface area contributed by atoms with Crippen LogP contribution in [0.2, 0.25) is 0 Å². The lowest BCUT2D eigenvalue weighted by atomic mass is 10.1. The summed E-state index contributed by atoms with van der Waals surface area (Å²) in [4.78, 5) is 24.8. The van der Waals surface area contributed by atoms with Crippen LogP contribution in [-0.4, -0.2) is 26.0 Å². The number of aryl methyl sites for hydroxylation is 1. The van der Waals surface area contributed by atoms with Gasteiger partial charge in [-0.3, -0.25) is 4.79 Å². The van der Waals surface area contributed by atoms with Crippen LogP contribution < -0.4 is 14.2 Å². The number of carbonyl (C=O) groups excluding carboxylic acids is 2. The Labute approximate surface area is 175 Å². The van der Waals surface area contributed by atoms with E-state index in [1.807, 2.05) is 25.1 Å². The van der Waals surface area contributed by atoms with Gasteiger partial charge in [0.2, 0.25) is 0 Å². The lowest BCUT2D eigenvalue weighted by Gasteiger charge is -2.09. The lowest BCUT2D eigenvalue weighted by molar-refractivity contribution is 0.0734. The second kappa shape index (κ2) is 9.56. The van der Waals surface area contributed by atoms with Gasteiger partial charge in [-0.05, 0) is 48.9 Å². The predicted molar refractivity (Wildman–Crippen MR) is 115 cm³/mol. The summed E-state index contributed by atoms with van der Waals surface area (Å²) < 4.78 is 15.9. The van der Waals surface area contributed by atoms with E-state index in [4.69, 9.17) is 14.2 Å². The molecule has 0 radical (unpaired) electrons. The number of hydrogen-bond donors (Lipinski definition) is 0. The highest BCUT2D eigenvalue weighted by Gasteiger charge is 2.13. The molecule has 0 heterocycles. The van der Waals surface area contributed by atoms with E-state index in [0.717, 1.165) is 11.1 Å². The van der Waals surface area contributed by atoms with Crippen LogP contribution in [0.4, 0.5) is 0 Å². The number of methoxy groups -OCH3 is 2. The molecular weight excluding hydrogens is 380 g/mol. The first kappa shape index (κ1) is 20.9. The van der Waals surface area contributed by atoms with Crippen molar-refractivity contribution in [2.45, 2.75) is 6.92 Å². The van der Waals surface area contributed by atoms with Crippen LogP contribution in [-0.2, 0) is 0 Å². The van der Waals surface area contributed by atoms with Crippen molar-refractivity contribution in [2.24, 2.45) is 0 Å². The van der Waals surface area contributed by atoms with Crippen LogP contribution in [0.3, 0.4) is 0 Å². The van der Waals surface area contributed by atoms with Crippen LogP contribution in [0.5, 0.6) is 17.2 Å². The molecule has 3 aromatic carbocycles. The largest absolute Gasteiger partial charge is 0.493 e. The quantitative estimate of drug-likeness (QED) is 0.237. The number of rotatable bonds is 7. The fourth-order valence-electron chi connectivity index (χ4n) is 2.80. The molecule has 0 aliphatic rings. The van der Waals surface area contributed by atoms with Gasteiger partial charge in [-0.25, -0.2) is 4.79 Å². The Morgan fingerprint density at radius 2 is 1.50 bits per heavy atom. The summed E-state index contributed by atoms with van der Waals surface area (Å²) in [5.41, 5.74) is 2.80. The van der Waals surface area contributed by atoms with Gasteiger partial charge in [0.05, 0.1) is 19.8 Å². The van der Waals surface area contributed by atoms with Crippen molar-refractivity contribution < 1.29 is 23.8 Å². The third-order valence-corrected chi connectivity index (χ3v) is 4.45. The third-order valence-electron chi connectivity index (χ3n) is 4.45. The Morgan fingerprint density at radius 1 is 0.800 bits per heavy atom. The maximum atomic E-state index is 12.5. The van der Waals surface area contributed by atoms with Crippen molar-refractivity contribution in [2.75, 3.05) is 14.2 Å². The average Bonchev–Trinajstić information content (AvgIpc) is 2.77. The molecule has 0 atom stereocenters. The molecule has 0 N–H and O–H groups in total. The van der Waals surface area contributed by atoms with Gasteiger partial charge < -0.3 is 14.2 Å². The monoisotopic (exact) mass is 402 g/mol. The van der Waals surface area contributed by atoms with Gasteiger partial charge in [0.15, 0.2) is 17.3 Å². The van der Waals surface area contributed by atoms with Gasteiger partial charge in [0, 0.05) is 5.56 Å². The molecule has 0 aliphatic heterocycles. The molecule has 5 nitrogen and oxygen atoms in total. The molecule has 0 unspecified atom stereocenters. The fraction of sp³-hybridized carbons (Fsp3) is 0.120. The summed E-state index contributed by atoms with van der Waals surface area (Å²) in [6.07, 6.45) is 3.19. The number of ketones is 1. The SMILES string of the molecule is COc1ccc(C(=O)Oc2cccc(/C=C/C(=O)c3ccc(C)cc3)c2)cc1OC. The number of carbonyl (C=O) groups is 2. The Kier molecular flexibility index (Phi) is 6.65. The number of allylic oxidation sites excluding steroid dienone is 1. The first-order chi connectivity index (χ1) is 14.5. The van der Waals surface area contributed by atoms with Crippen molar-refractivity contribution >= 4 is 17.8 Å². The molecule has 0 spiro atoms. The van der Waals surface area contributed by atoms with Gasteiger partial charge in [-0.15, -0.1) is 0 Å². The number of benzene rings is 3. The summed E-state index contributed by atoms with van der Waals surface area (Å²) in [5, 5.41) is 0. The maximum absolute atomic E-state index is 12.5. The predicted octanol–water partition coefficient (Wildman–Crippen LogP) is 5.13. The zero-order valence-electron chi connectivity index (χ0n) is 17.0. The summed E-state index contributed by atoms with van der Waals surface area (Å²) in [5.74, 6) is 0.730. The molecular formula is C25H22O5. The molecule has 0 aliphatic carbocycles. The van der Waals surface area contributed by atoms with E-state index in [2.05, 4.69) is 0 Å². The summed E-state index contributed by atoms with van der Waals surface area (Å²) in [6.45, 7) is 1.97. The molecule has 0 aromatic heterocycles. The molecule has 30 heavy (non-hydrogen) atoms. The normalized spacial score (nSPS) is 10.6. The Morgan fingerprint density at radius 3 is 2.20 bits per heavy atom. The minimum atomic E-state index is -0.521. The smallest absolute Gasteiger partial charge is 0.343 e. The first-order valence-corrected chi connectivity index (χ1v) is 9.33. The topological polar surface area (TPSA) is 61.8 Å². The highest BCUT2D eigenvalue weighted by molar-refractivity contribution is 6.06. The van der Waals surface area contributed by atoms with Crippen molar-refractivity contribution in [3.63, 3.8) is 0 Å². The molecule has 0 saturated heterocycles. The summed E-state index contributed by atoms with van der Waals surface area (Å²) in [6, 6.07) is 19.1. The van der Waals surface area contributed by atoms with E-state index in [1.165, 1.54) is 20.3 Å². The molecule has 5 heteroatoms. The van der Waals surface area contributed by atoms with Gasteiger partial charge >= 0.3 is 5.97 Å². The molecule has 0 saturated carbocycles. The highest BCUT2D eigenvalue weighted by Crippen LogP contribution is 2.28. The van der Waals surface area contributed by atoms with Crippen LogP contribution in [0, 0.1) is 6.92 Å². The summed E-state index contributed by atoms with van der Waals surface area (Å²) >= 11 is 0. The van der Waals surface area contributed by atoms with E-state index < -0.39 is 5.97 Å². The minimum absolute atomic E-state index is 0.0947. The van der Waals surface area contributed by atoms with E-state index in [1.54, 1.807) is 54.6 Å². The molecule has 0 fully saturated rings. The van der Waals surface area contributed by atoms with Crippen molar-refractivity contribution in [3.8, 4) is 17.2 Å². The van der Waals surface area contributed by atoms with E-state index in [0.29, 0.717) is 28.4 Å². The number of esters is 1. The second-order valence-corrected chi connectivity index (χ2v) is 6.60. The van der Waals surface area contributed by atoms with Gasteiger partial charge in [0.1, 0.15) is 5.75 Å². The van der Waals surface area contributed by atoms with Crippen molar-refractivity contribution in [1.82, 2.24) is 0 Å². The van der Waals surface area contributed by atoms with Gasteiger partial charge in [-0.1, -0.05) is 48.0 Å². The van der Waals surface area contributed by atoms with E-state index >= 15 is 0 Å². The Bertz CT molecular complexity index is 1080. The van der Waals surface area contributed by atoms with E-state index in [-0.39, 0.29) is 5.78 Å². The van der Waals surface area contributed by atoms with Crippen LogP contribution in [0.1, 0.15) is 31.8 Å². The molecule has 152 valence electrons. The first-order valence-electron chi connectivity index (χ1n) is 9.33. The molecule has 3 aromatic rings.